The molecule has 2 aliphatic heterocycles. The van der Waals surface area contributed by atoms with Crippen LogP contribution in [0, 0.1) is 5.92 Å². The van der Waals surface area contributed by atoms with Crippen molar-refractivity contribution in [1.29, 1.82) is 0 Å². The number of nitrogens with zero attached hydrogens (tertiary/aromatic N) is 2. The Morgan fingerprint density at radius 2 is 1.61 bits per heavy atom. The van der Waals surface area contributed by atoms with Crippen LogP contribution in [0.3, 0.4) is 0 Å². The minimum absolute atomic E-state index is 0.0225. The summed E-state index contributed by atoms with van der Waals surface area (Å²) >= 11 is 0. The molecular formula is C27H34N2O2. The van der Waals surface area contributed by atoms with E-state index in [0.29, 0.717) is 18.9 Å². The molecule has 1 amide bonds. The zero-order chi connectivity index (χ0) is 21.3. The van der Waals surface area contributed by atoms with E-state index in [-0.39, 0.29) is 18.0 Å². The Morgan fingerprint density at radius 1 is 0.903 bits per heavy atom. The highest BCUT2D eigenvalue weighted by Crippen LogP contribution is 2.47. The monoisotopic (exact) mass is 418 g/mol. The van der Waals surface area contributed by atoms with Crippen LogP contribution < -0.4 is 0 Å². The number of likely N-dealkylation sites (tertiary alicyclic amines) is 2. The van der Waals surface area contributed by atoms with E-state index in [0.717, 1.165) is 57.2 Å². The summed E-state index contributed by atoms with van der Waals surface area (Å²) in [6.07, 6.45) is 6.96. The Bertz CT molecular complexity index is 887. The summed E-state index contributed by atoms with van der Waals surface area (Å²) in [5.41, 5.74) is 1.48. The topological polar surface area (TPSA) is 43.8 Å². The van der Waals surface area contributed by atoms with Gasteiger partial charge in [-0.15, -0.1) is 0 Å². The Balaban J connectivity index is 1.36. The normalized spacial score (nSPS) is 31.4. The van der Waals surface area contributed by atoms with E-state index >= 15 is 0 Å². The van der Waals surface area contributed by atoms with Gasteiger partial charge in [-0.1, -0.05) is 73.5 Å². The van der Waals surface area contributed by atoms with Crippen LogP contribution in [0.4, 0.5) is 0 Å². The van der Waals surface area contributed by atoms with Crippen LogP contribution in [-0.2, 0) is 16.9 Å². The molecule has 164 valence electrons. The molecule has 4 atom stereocenters. The van der Waals surface area contributed by atoms with Gasteiger partial charge in [0.15, 0.2) is 0 Å². The van der Waals surface area contributed by atoms with E-state index in [9.17, 15) is 9.90 Å². The van der Waals surface area contributed by atoms with Crippen molar-refractivity contribution >= 4 is 5.91 Å². The Morgan fingerprint density at radius 3 is 2.39 bits per heavy atom. The van der Waals surface area contributed by atoms with Gasteiger partial charge < -0.3 is 10.0 Å². The molecule has 0 radical (unpaired) electrons. The van der Waals surface area contributed by atoms with Gasteiger partial charge in [-0.05, 0) is 49.8 Å². The largest absolute Gasteiger partial charge is 0.385 e. The molecular weight excluding hydrogens is 384 g/mol. The summed E-state index contributed by atoms with van der Waals surface area (Å²) in [6.45, 7) is 2.48. The number of carbonyl (C=O) groups excluding carboxylic acids is 1. The molecule has 3 fully saturated rings. The fourth-order valence-corrected chi connectivity index (χ4v) is 6.35. The van der Waals surface area contributed by atoms with Crippen LogP contribution in [-0.4, -0.2) is 46.0 Å². The van der Waals surface area contributed by atoms with Gasteiger partial charge in [0.2, 0.25) is 5.91 Å². The molecule has 1 unspecified atom stereocenters. The third-order valence-electron chi connectivity index (χ3n) is 7.91. The molecule has 3 aliphatic rings. The maximum absolute atomic E-state index is 13.8. The van der Waals surface area contributed by atoms with Crippen LogP contribution in [0.2, 0.25) is 0 Å². The predicted octanol–water partition coefficient (Wildman–Crippen LogP) is 4.33. The van der Waals surface area contributed by atoms with Crippen LogP contribution in [0.25, 0.3) is 0 Å². The molecule has 2 heterocycles. The van der Waals surface area contributed by atoms with Gasteiger partial charge in [-0.25, -0.2) is 0 Å². The molecule has 0 spiro atoms. The molecule has 1 N–H and O–H groups in total. The number of amides is 1. The van der Waals surface area contributed by atoms with Crippen molar-refractivity contribution in [3.63, 3.8) is 0 Å². The summed E-state index contributed by atoms with van der Waals surface area (Å²) in [5.74, 6) is 0.422. The first-order valence-corrected chi connectivity index (χ1v) is 12.0. The van der Waals surface area contributed by atoms with Crippen LogP contribution in [0.15, 0.2) is 60.7 Å². The molecule has 1 aliphatic carbocycles. The summed E-state index contributed by atoms with van der Waals surface area (Å²) in [5, 5.41) is 11.8. The Kier molecular flexibility index (Phi) is 5.85. The lowest BCUT2D eigenvalue weighted by atomic mass is 9.66. The molecule has 2 aromatic carbocycles. The summed E-state index contributed by atoms with van der Waals surface area (Å²) in [4.78, 5) is 18.3. The van der Waals surface area contributed by atoms with Crippen molar-refractivity contribution in [2.75, 3.05) is 13.1 Å². The third kappa shape index (κ3) is 3.92. The standard InChI is InChI=1S/C27H34N2O2/c30-26(25-16-9-18-28(25)20-21-10-3-1-4-11-21)29-19-17-27(31,22-12-5-2-6-13-22)23-14-7-8-15-24(23)29/h1-6,10-13,23-25,31H,7-9,14-20H2/t23-,24+,25-,27?/m0/s1. The van der Waals surface area contributed by atoms with Gasteiger partial charge in [-0.3, -0.25) is 9.69 Å². The fraction of sp³-hybridized carbons (Fsp3) is 0.519. The van der Waals surface area contributed by atoms with Crippen molar-refractivity contribution < 1.29 is 9.90 Å². The molecule has 4 heteroatoms. The zero-order valence-electron chi connectivity index (χ0n) is 18.3. The van der Waals surface area contributed by atoms with Crippen molar-refractivity contribution in [2.45, 2.75) is 69.2 Å². The molecule has 0 bridgehead atoms. The quantitative estimate of drug-likeness (QED) is 0.804. The highest BCUT2D eigenvalue weighted by atomic mass is 16.3. The van der Waals surface area contributed by atoms with Crippen molar-refractivity contribution in [3.8, 4) is 0 Å². The van der Waals surface area contributed by atoms with Crippen LogP contribution in [0.5, 0.6) is 0 Å². The number of rotatable bonds is 4. The van der Waals surface area contributed by atoms with E-state index in [1.165, 1.54) is 5.56 Å². The van der Waals surface area contributed by atoms with Crippen molar-refractivity contribution in [1.82, 2.24) is 9.80 Å². The second-order valence-corrected chi connectivity index (χ2v) is 9.64. The average molecular weight is 419 g/mol. The van der Waals surface area contributed by atoms with Gasteiger partial charge in [0, 0.05) is 25.0 Å². The van der Waals surface area contributed by atoms with Crippen molar-refractivity contribution in [3.05, 3.63) is 71.8 Å². The second kappa shape index (κ2) is 8.76. The van der Waals surface area contributed by atoms with E-state index in [1.807, 2.05) is 24.3 Å². The number of carbonyl (C=O) groups is 1. The fourth-order valence-electron chi connectivity index (χ4n) is 6.35. The number of piperidine rings is 1. The lowest BCUT2D eigenvalue weighted by molar-refractivity contribution is -0.159. The van der Waals surface area contributed by atoms with Gasteiger partial charge in [0.25, 0.3) is 0 Å². The lowest BCUT2D eigenvalue weighted by Crippen LogP contribution is -2.61. The van der Waals surface area contributed by atoms with Gasteiger partial charge in [0.05, 0.1) is 11.6 Å². The molecule has 1 saturated carbocycles. The van der Waals surface area contributed by atoms with E-state index in [2.05, 4.69) is 46.2 Å². The SMILES string of the molecule is O=C([C@@H]1CCCN1Cc1ccccc1)N1CCC(O)(c2ccccc2)[C@H]2CCCC[C@H]21. The van der Waals surface area contributed by atoms with Crippen LogP contribution in [0.1, 0.15) is 56.1 Å². The summed E-state index contributed by atoms with van der Waals surface area (Å²) < 4.78 is 0. The second-order valence-electron chi connectivity index (χ2n) is 9.64. The zero-order valence-corrected chi connectivity index (χ0v) is 18.3. The van der Waals surface area contributed by atoms with Crippen molar-refractivity contribution in [2.24, 2.45) is 5.92 Å². The first-order chi connectivity index (χ1) is 15.2. The number of hydrogen-bond acceptors (Lipinski definition) is 3. The maximum Gasteiger partial charge on any atom is 0.240 e. The molecule has 31 heavy (non-hydrogen) atoms. The first-order valence-electron chi connectivity index (χ1n) is 12.0. The Labute approximate surface area is 185 Å². The predicted molar refractivity (Wildman–Crippen MR) is 122 cm³/mol. The first kappa shape index (κ1) is 20.7. The molecule has 2 saturated heterocycles. The highest BCUT2D eigenvalue weighted by Gasteiger charge is 2.51. The van der Waals surface area contributed by atoms with E-state index < -0.39 is 5.60 Å². The lowest BCUT2D eigenvalue weighted by Gasteiger charge is -2.53. The third-order valence-corrected chi connectivity index (χ3v) is 7.91. The van der Waals surface area contributed by atoms with Gasteiger partial charge in [-0.2, -0.15) is 0 Å². The number of benzene rings is 2. The average Bonchev–Trinajstić information content (AvgIpc) is 3.28. The number of aliphatic hydroxyl groups is 1. The minimum atomic E-state index is -0.817. The molecule has 4 nitrogen and oxygen atoms in total. The van der Waals surface area contributed by atoms with Gasteiger partial charge in [0.1, 0.15) is 0 Å². The smallest absolute Gasteiger partial charge is 0.240 e. The highest BCUT2D eigenvalue weighted by molar-refractivity contribution is 5.82. The molecule has 2 aromatic rings. The Hall–Kier alpha value is -2.17. The van der Waals surface area contributed by atoms with E-state index in [4.69, 9.17) is 0 Å². The minimum Gasteiger partial charge on any atom is -0.385 e. The maximum atomic E-state index is 13.8. The summed E-state index contributed by atoms with van der Waals surface area (Å²) in [7, 11) is 0. The number of fused-ring (bicyclic) bond motifs is 1. The molecule has 0 aromatic heterocycles. The summed E-state index contributed by atoms with van der Waals surface area (Å²) in [6, 6.07) is 20.8. The molecule has 5 rings (SSSR count). The van der Waals surface area contributed by atoms with Crippen LogP contribution >= 0.6 is 0 Å². The van der Waals surface area contributed by atoms with Gasteiger partial charge >= 0.3 is 0 Å². The van der Waals surface area contributed by atoms with E-state index in [1.54, 1.807) is 0 Å². The number of hydrogen-bond donors (Lipinski definition) is 1.